The topological polar surface area (TPSA) is 148 Å². The predicted molar refractivity (Wildman–Crippen MR) is 143 cm³/mol. The van der Waals surface area contributed by atoms with Crippen molar-refractivity contribution in [2.75, 3.05) is 0 Å². The first-order valence-corrected chi connectivity index (χ1v) is 19.0. The molecule has 4 atom stereocenters. The van der Waals surface area contributed by atoms with E-state index in [1.807, 2.05) is 39.3 Å². The zero-order valence-corrected chi connectivity index (χ0v) is 24.2. The first-order chi connectivity index (χ1) is 17.6. The van der Waals surface area contributed by atoms with Crippen molar-refractivity contribution in [3.63, 3.8) is 0 Å². The molecule has 0 radical (unpaired) electrons. The van der Waals surface area contributed by atoms with Crippen LogP contribution in [0.4, 0.5) is 11.4 Å². The maximum absolute atomic E-state index is 13.1. The second-order valence-corrected chi connectivity index (χ2v) is 20.1. The van der Waals surface area contributed by atoms with E-state index in [4.69, 9.17) is 13.6 Å². The van der Waals surface area contributed by atoms with Gasteiger partial charge in [-0.1, -0.05) is 0 Å². The van der Waals surface area contributed by atoms with Gasteiger partial charge in [0.05, 0.1) is 33.9 Å². The van der Waals surface area contributed by atoms with Crippen molar-refractivity contribution < 1.29 is 33.0 Å². The number of carbonyl (C=O) groups is 2. The summed E-state index contributed by atoms with van der Waals surface area (Å²) in [6, 6.07) is 11.6. The molecule has 0 aromatic heterocycles. The molecule has 2 aromatic rings. The summed E-state index contributed by atoms with van der Waals surface area (Å²) in [4.78, 5) is 47.4. The van der Waals surface area contributed by atoms with Gasteiger partial charge in [-0.25, -0.2) is 0 Å². The first kappa shape index (κ1) is 29.3. The highest BCUT2D eigenvalue weighted by Crippen LogP contribution is 2.43. The van der Waals surface area contributed by atoms with Crippen molar-refractivity contribution in [1.82, 2.24) is 0 Å². The van der Waals surface area contributed by atoms with E-state index < -0.39 is 62.5 Å². The van der Waals surface area contributed by atoms with E-state index in [9.17, 15) is 29.8 Å². The van der Waals surface area contributed by atoms with E-state index in [0.717, 1.165) is 0 Å². The number of rotatable bonds is 10. The summed E-state index contributed by atoms with van der Waals surface area (Å²) in [5, 5.41) is 22.3. The third-order valence-electron chi connectivity index (χ3n) is 5.87. The maximum Gasteiger partial charge on any atom is 0.319 e. The number of benzene rings is 2. The van der Waals surface area contributed by atoms with E-state index in [2.05, 4.69) is 0 Å². The smallest absolute Gasteiger partial charge is 0.319 e. The Morgan fingerprint density at radius 3 is 1.29 bits per heavy atom. The Hall–Kier alpha value is -3.27. The van der Waals surface area contributed by atoms with Crippen LogP contribution in [-0.4, -0.2) is 38.4 Å². The lowest BCUT2D eigenvalue weighted by Crippen LogP contribution is -2.44. The lowest BCUT2D eigenvalue weighted by Gasteiger charge is -2.39. The van der Waals surface area contributed by atoms with E-state index in [-0.39, 0.29) is 17.8 Å². The molecular weight excluding hydrogens is 528 g/mol. The lowest BCUT2D eigenvalue weighted by atomic mass is 9.81. The van der Waals surface area contributed by atoms with E-state index in [1.54, 1.807) is 24.3 Å². The van der Waals surface area contributed by atoms with Crippen LogP contribution in [0.25, 0.3) is 0 Å². The second-order valence-electron chi connectivity index (χ2n) is 11.2. The molecule has 4 unspecified atom stereocenters. The van der Waals surface area contributed by atoms with Gasteiger partial charge in [-0.2, -0.15) is 0 Å². The van der Waals surface area contributed by atoms with Gasteiger partial charge in [-0.3, -0.25) is 29.8 Å². The molecule has 38 heavy (non-hydrogen) atoms. The number of esters is 2. The summed E-state index contributed by atoms with van der Waals surface area (Å²) in [6.45, 7) is 11.7. The summed E-state index contributed by atoms with van der Waals surface area (Å²) in [5.74, 6) is -3.22. The molecule has 1 aliphatic heterocycles. The van der Waals surface area contributed by atoms with Crippen LogP contribution in [-0.2, 0) is 23.2 Å². The predicted octanol–water partition coefficient (Wildman–Crippen LogP) is 5.69. The normalized spacial score (nSPS) is 19.9. The van der Waals surface area contributed by atoms with Gasteiger partial charge < -0.3 is 13.6 Å². The molecule has 3 rings (SSSR count). The van der Waals surface area contributed by atoms with Crippen molar-refractivity contribution >= 4 is 39.9 Å². The SMILES string of the molecule is C[Si](C)(C)OC(c1ccc([N+](=O)[O-])cc1)C1CC(C(O[Si](C)(C)C)c2ccc([N+](=O)[O-])cc2)C(=O)OC1=O. The molecule has 0 bridgehead atoms. The second kappa shape index (κ2) is 11.2. The maximum atomic E-state index is 13.1. The molecule has 0 amide bonds. The molecular formula is C25H32N2O9Si2. The summed E-state index contributed by atoms with van der Waals surface area (Å²) in [5.41, 5.74) is 0.931. The molecule has 0 spiro atoms. The number of hydrogen-bond acceptors (Lipinski definition) is 9. The summed E-state index contributed by atoms with van der Waals surface area (Å²) >= 11 is 0. The summed E-state index contributed by atoms with van der Waals surface area (Å²) in [7, 11) is -4.50. The van der Waals surface area contributed by atoms with Crippen LogP contribution in [0.15, 0.2) is 48.5 Å². The van der Waals surface area contributed by atoms with Crippen LogP contribution in [0.2, 0.25) is 39.3 Å². The number of non-ortho nitro benzene ring substituents is 2. The molecule has 1 aliphatic rings. The van der Waals surface area contributed by atoms with Crippen molar-refractivity contribution in [2.45, 2.75) is 57.9 Å². The molecule has 1 saturated heterocycles. The molecule has 1 heterocycles. The van der Waals surface area contributed by atoms with Crippen LogP contribution >= 0.6 is 0 Å². The van der Waals surface area contributed by atoms with Crippen molar-refractivity contribution in [2.24, 2.45) is 11.8 Å². The molecule has 0 saturated carbocycles. The Kier molecular flexibility index (Phi) is 8.66. The number of nitro groups is 2. The minimum absolute atomic E-state index is 0.0515. The van der Waals surface area contributed by atoms with Crippen molar-refractivity contribution in [1.29, 1.82) is 0 Å². The summed E-state index contributed by atoms with van der Waals surface area (Å²) < 4.78 is 18.0. The number of hydrogen-bond donors (Lipinski definition) is 0. The van der Waals surface area contributed by atoms with Gasteiger partial charge in [0, 0.05) is 24.3 Å². The quantitative estimate of drug-likeness (QED) is 0.117. The number of nitrogens with zero attached hydrogens (tertiary/aromatic N) is 2. The van der Waals surface area contributed by atoms with Crippen molar-refractivity contribution in [3.05, 3.63) is 79.9 Å². The van der Waals surface area contributed by atoms with Crippen molar-refractivity contribution in [3.8, 4) is 0 Å². The minimum Gasteiger partial charge on any atom is -0.410 e. The Labute approximate surface area is 222 Å². The molecule has 0 N–H and O–H groups in total. The Bertz CT molecular complexity index is 1110. The minimum atomic E-state index is -2.25. The van der Waals surface area contributed by atoms with Crippen LogP contribution < -0.4 is 0 Å². The Morgan fingerprint density at radius 2 is 1.03 bits per heavy atom. The molecule has 0 aliphatic carbocycles. The lowest BCUT2D eigenvalue weighted by molar-refractivity contribution is -0.385. The van der Waals surface area contributed by atoms with E-state index in [0.29, 0.717) is 11.1 Å². The van der Waals surface area contributed by atoms with Gasteiger partial charge in [0.15, 0.2) is 16.6 Å². The van der Waals surface area contributed by atoms with Gasteiger partial charge in [0.2, 0.25) is 0 Å². The van der Waals surface area contributed by atoms with Gasteiger partial charge in [-0.15, -0.1) is 0 Å². The Balaban J connectivity index is 2.03. The first-order valence-electron chi connectivity index (χ1n) is 12.2. The highest BCUT2D eigenvalue weighted by molar-refractivity contribution is 6.70. The number of ether oxygens (including phenoxy) is 1. The van der Waals surface area contributed by atoms with Crippen LogP contribution in [0.1, 0.15) is 29.8 Å². The molecule has 204 valence electrons. The monoisotopic (exact) mass is 560 g/mol. The molecule has 11 nitrogen and oxygen atoms in total. The van der Waals surface area contributed by atoms with Gasteiger partial charge in [-0.05, 0) is 81.1 Å². The van der Waals surface area contributed by atoms with E-state index >= 15 is 0 Å². The van der Waals surface area contributed by atoms with Gasteiger partial charge in [0.25, 0.3) is 11.4 Å². The summed E-state index contributed by atoms with van der Waals surface area (Å²) in [6.07, 6.45) is -1.54. The average Bonchev–Trinajstić information content (AvgIpc) is 2.80. The van der Waals surface area contributed by atoms with E-state index in [1.165, 1.54) is 24.3 Å². The highest BCUT2D eigenvalue weighted by Gasteiger charge is 2.47. The standard InChI is InChI=1S/C25H32N2O9Si2/c1-37(2,3)35-22(16-7-11-18(12-8-16)26(30)31)20-15-21(25(29)34-24(20)28)23(36-38(4,5)6)17-9-13-19(14-10-17)27(32)33/h7-14,20-23H,15H2,1-6H3. The van der Waals surface area contributed by atoms with Gasteiger partial charge in [0.1, 0.15) is 0 Å². The number of nitro benzene ring substituents is 2. The fraction of sp³-hybridized carbons (Fsp3) is 0.440. The van der Waals surface area contributed by atoms with Crippen LogP contribution in [0.5, 0.6) is 0 Å². The van der Waals surface area contributed by atoms with Crippen LogP contribution in [0.3, 0.4) is 0 Å². The number of carbonyl (C=O) groups excluding carboxylic acids is 2. The fourth-order valence-corrected chi connectivity index (χ4v) is 6.43. The fourth-order valence-electron chi connectivity index (χ4n) is 4.31. The third-order valence-corrected chi connectivity index (χ3v) is 7.79. The third kappa shape index (κ3) is 7.40. The van der Waals surface area contributed by atoms with Gasteiger partial charge >= 0.3 is 11.9 Å². The largest absolute Gasteiger partial charge is 0.410 e. The zero-order valence-electron chi connectivity index (χ0n) is 22.2. The van der Waals surface area contributed by atoms with Crippen LogP contribution in [0, 0.1) is 32.1 Å². The number of cyclic esters (lactones) is 2. The molecule has 1 fully saturated rings. The Morgan fingerprint density at radius 1 is 0.711 bits per heavy atom. The average molecular weight is 561 g/mol. The molecule has 2 aromatic carbocycles. The molecule has 13 heteroatoms. The highest BCUT2D eigenvalue weighted by atomic mass is 28.4. The zero-order chi connectivity index (χ0) is 28.4.